The lowest BCUT2D eigenvalue weighted by molar-refractivity contribution is -0.131. The number of halogens is 1. The number of nitrogens with one attached hydrogen (secondary N) is 1. The fourth-order valence-corrected chi connectivity index (χ4v) is 2.89. The van der Waals surface area contributed by atoms with Crippen molar-refractivity contribution in [2.45, 2.75) is 25.4 Å². The van der Waals surface area contributed by atoms with E-state index in [-0.39, 0.29) is 5.91 Å². The van der Waals surface area contributed by atoms with Gasteiger partial charge < -0.3 is 10.2 Å². The zero-order chi connectivity index (χ0) is 11.5. The van der Waals surface area contributed by atoms with Crippen LogP contribution in [0, 0.1) is 0 Å². The van der Waals surface area contributed by atoms with Crippen LogP contribution in [0.2, 0.25) is 0 Å². The topological polar surface area (TPSA) is 32.3 Å². The van der Waals surface area contributed by atoms with Crippen LogP contribution in [0.3, 0.4) is 0 Å². The van der Waals surface area contributed by atoms with E-state index in [4.69, 9.17) is 0 Å². The average Bonchev–Trinajstić information content (AvgIpc) is 3.00. The van der Waals surface area contributed by atoms with Crippen molar-refractivity contribution in [2.75, 3.05) is 13.6 Å². The maximum Gasteiger partial charge on any atom is 0.237 e. The second-order valence-corrected chi connectivity index (χ2v) is 6.33. The van der Waals surface area contributed by atoms with Gasteiger partial charge in [0.2, 0.25) is 5.91 Å². The lowest BCUT2D eigenvalue weighted by atomic mass is 10.3. The molecule has 0 atom stereocenters. The van der Waals surface area contributed by atoms with E-state index in [1.165, 1.54) is 5.56 Å². The molecule has 1 heterocycles. The molecule has 0 aliphatic heterocycles. The van der Waals surface area contributed by atoms with Crippen molar-refractivity contribution >= 4 is 33.2 Å². The minimum atomic E-state index is 0.201. The molecule has 1 amide bonds. The molecule has 16 heavy (non-hydrogen) atoms. The first kappa shape index (κ1) is 12.1. The van der Waals surface area contributed by atoms with Gasteiger partial charge in [0, 0.05) is 12.6 Å². The summed E-state index contributed by atoms with van der Waals surface area (Å²) >= 11 is 5.11. The van der Waals surface area contributed by atoms with Crippen LogP contribution >= 0.6 is 27.3 Å². The van der Waals surface area contributed by atoms with E-state index in [1.807, 2.05) is 11.9 Å². The zero-order valence-corrected chi connectivity index (χ0v) is 11.6. The molecule has 1 aromatic heterocycles. The number of likely N-dealkylation sites (N-methyl/N-ethyl adjacent to an activating group) is 1. The van der Waals surface area contributed by atoms with Crippen LogP contribution in [-0.4, -0.2) is 30.4 Å². The molecule has 0 radical (unpaired) electrons. The summed E-state index contributed by atoms with van der Waals surface area (Å²) in [5.74, 6) is 0.201. The highest BCUT2D eigenvalue weighted by Gasteiger charge is 2.32. The normalized spacial score (nSPS) is 15.1. The standard InChI is InChI=1S/C11H15BrN2OS/c1-13-5-11(15)14(9-2-3-9)6-8-4-10(12)16-7-8/h4,7,9,13H,2-3,5-6H2,1H3. The van der Waals surface area contributed by atoms with Crippen LogP contribution in [-0.2, 0) is 11.3 Å². The highest BCUT2D eigenvalue weighted by Crippen LogP contribution is 2.30. The van der Waals surface area contributed by atoms with Crippen LogP contribution in [0.25, 0.3) is 0 Å². The van der Waals surface area contributed by atoms with Gasteiger partial charge in [-0.2, -0.15) is 0 Å². The van der Waals surface area contributed by atoms with Gasteiger partial charge in [0.1, 0.15) is 0 Å². The smallest absolute Gasteiger partial charge is 0.237 e. The lowest BCUT2D eigenvalue weighted by Crippen LogP contribution is -2.38. The number of carbonyl (C=O) groups excluding carboxylic acids is 1. The third kappa shape index (κ3) is 3.06. The highest BCUT2D eigenvalue weighted by molar-refractivity contribution is 9.11. The molecule has 0 unspecified atom stereocenters. The van der Waals surface area contributed by atoms with Gasteiger partial charge in [-0.15, -0.1) is 11.3 Å². The van der Waals surface area contributed by atoms with Crippen molar-refractivity contribution in [1.82, 2.24) is 10.2 Å². The Morgan fingerprint density at radius 1 is 1.69 bits per heavy atom. The predicted molar refractivity (Wildman–Crippen MR) is 69.5 cm³/mol. The van der Waals surface area contributed by atoms with Gasteiger partial charge in [-0.1, -0.05) is 0 Å². The van der Waals surface area contributed by atoms with Crippen molar-refractivity contribution in [1.29, 1.82) is 0 Å². The van der Waals surface area contributed by atoms with Gasteiger partial charge in [0.15, 0.2) is 0 Å². The van der Waals surface area contributed by atoms with Gasteiger partial charge in [0.25, 0.3) is 0 Å². The van der Waals surface area contributed by atoms with Gasteiger partial charge in [-0.3, -0.25) is 4.79 Å². The molecule has 1 aliphatic rings. The molecule has 3 nitrogen and oxygen atoms in total. The van der Waals surface area contributed by atoms with Crippen LogP contribution in [0.4, 0.5) is 0 Å². The van der Waals surface area contributed by atoms with E-state index in [1.54, 1.807) is 11.3 Å². The van der Waals surface area contributed by atoms with Gasteiger partial charge >= 0.3 is 0 Å². The van der Waals surface area contributed by atoms with E-state index >= 15 is 0 Å². The minimum absolute atomic E-state index is 0.201. The summed E-state index contributed by atoms with van der Waals surface area (Å²) in [6.07, 6.45) is 2.31. The molecule has 0 bridgehead atoms. The van der Waals surface area contributed by atoms with Crippen molar-refractivity contribution in [3.05, 3.63) is 20.8 Å². The van der Waals surface area contributed by atoms with Crippen LogP contribution in [0.5, 0.6) is 0 Å². The fourth-order valence-electron chi connectivity index (χ4n) is 1.69. The number of thiophene rings is 1. The lowest BCUT2D eigenvalue weighted by Gasteiger charge is -2.21. The zero-order valence-electron chi connectivity index (χ0n) is 9.20. The van der Waals surface area contributed by atoms with Crippen LogP contribution in [0.1, 0.15) is 18.4 Å². The Bertz CT molecular complexity index is 376. The van der Waals surface area contributed by atoms with E-state index in [0.717, 1.165) is 23.2 Å². The number of carbonyl (C=O) groups is 1. The first-order valence-electron chi connectivity index (χ1n) is 5.37. The molecule has 1 N–H and O–H groups in total. The van der Waals surface area contributed by atoms with Crippen molar-refractivity contribution in [3.63, 3.8) is 0 Å². The Morgan fingerprint density at radius 2 is 2.44 bits per heavy atom. The van der Waals surface area contributed by atoms with Gasteiger partial charge in [0.05, 0.1) is 10.3 Å². The van der Waals surface area contributed by atoms with Crippen molar-refractivity contribution < 1.29 is 4.79 Å². The third-order valence-corrected chi connectivity index (χ3v) is 4.16. The summed E-state index contributed by atoms with van der Waals surface area (Å²) in [4.78, 5) is 13.9. The Hall–Kier alpha value is -0.390. The molecule has 0 saturated heterocycles. The first-order chi connectivity index (χ1) is 7.70. The van der Waals surface area contributed by atoms with Gasteiger partial charge in [-0.25, -0.2) is 0 Å². The summed E-state index contributed by atoms with van der Waals surface area (Å²) in [5, 5.41) is 5.03. The van der Waals surface area contributed by atoms with E-state index in [9.17, 15) is 4.79 Å². The van der Waals surface area contributed by atoms with E-state index in [0.29, 0.717) is 12.6 Å². The molecule has 88 valence electrons. The third-order valence-electron chi connectivity index (χ3n) is 2.61. The van der Waals surface area contributed by atoms with E-state index in [2.05, 4.69) is 32.7 Å². The number of nitrogens with zero attached hydrogens (tertiary/aromatic N) is 1. The van der Waals surface area contributed by atoms with Crippen LogP contribution < -0.4 is 5.32 Å². The Balaban J connectivity index is 2.00. The Morgan fingerprint density at radius 3 is 2.94 bits per heavy atom. The Kier molecular flexibility index (Phi) is 4.00. The monoisotopic (exact) mass is 302 g/mol. The Labute approximate surface area is 108 Å². The summed E-state index contributed by atoms with van der Waals surface area (Å²) in [6.45, 7) is 1.18. The summed E-state index contributed by atoms with van der Waals surface area (Å²) in [7, 11) is 1.81. The second kappa shape index (κ2) is 5.29. The molecule has 1 saturated carbocycles. The number of amides is 1. The first-order valence-corrected chi connectivity index (χ1v) is 7.05. The summed E-state index contributed by atoms with van der Waals surface area (Å²) < 4.78 is 1.12. The van der Waals surface area contributed by atoms with Crippen LogP contribution in [0.15, 0.2) is 15.2 Å². The van der Waals surface area contributed by atoms with E-state index < -0.39 is 0 Å². The number of hydrogen-bond acceptors (Lipinski definition) is 3. The maximum absolute atomic E-state index is 11.9. The molecular formula is C11H15BrN2OS. The molecule has 1 aromatic rings. The molecule has 0 spiro atoms. The van der Waals surface area contributed by atoms with Crippen molar-refractivity contribution in [2.24, 2.45) is 0 Å². The summed E-state index contributed by atoms with van der Waals surface area (Å²) in [5.41, 5.74) is 1.22. The summed E-state index contributed by atoms with van der Waals surface area (Å²) in [6, 6.07) is 2.56. The fraction of sp³-hybridized carbons (Fsp3) is 0.545. The van der Waals surface area contributed by atoms with Crippen molar-refractivity contribution in [3.8, 4) is 0 Å². The molecule has 2 rings (SSSR count). The van der Waals surface area contributed by atoms with Gasteiger partial charge in [-0.05, 0) is 52.8 Å². The number of rotatable bonds is 5. The molecular weight excluding hydrogens is 288 g/mol. The second-order valence-electron chi connectivity index (χ2n) is 4.04. The molecule has 1 fully saturated rings. The highest BCUT2D eigenvalue weighted by atomic mass is 79.9. The molecule has 1 aliphatic carbocycles. The minimum Gasteiger partial charge on any atom is -0.334 e. The largest absolute Gasteiger partial charge is 0.334 e. The quantitative estimate of drug-likeness (QED) is 0.904. The predicted octanol–water partition coefficient (Wildman–Crippen LogP) is 2.22. The molecule has 0 aromatic carbocycles. The maximum atomic E-state index is 11.9. The SMILES string of the molecule is CNCC(=O)N(Cc1csc(Br)c1)C1CC1. The number of hydrogen-bond donors (Lipinski definition) is 1. The average molecular weight is 303 g/mol. The molecule has 5 heteroatoms.